The molecular weight excluding hydrogens is 843 g/mol. The van der Waals surface area contributed by atoms with Gasteiger partial charge in [-0.15, -0.1) is 0 Å². The molecule has 7 heterocycles. The highest BCUT2D eigenvalue weighted by atomic mass is 16.6. The summed E-state index contributed by atoms with van der Waals surface area (Å²) in [5.41, 5.74) is 12.0. The van der Waals surface area contributed by atoms with E-state index < -0.39 is 16.4 Å². The molecule has 1 aromatic rings. The highest BCUT2D eigenvalue weighted by molar-refractivity contribution is 6.00. The van der Waals surface area contributed by atoms with Crippen molar-refractivity contribution < 1.29 is 24.2 Å². The summed E-state index contributed by atoms with van der Waals surface area (Å²) in [6.45, 7) is 5.41. The Hall–Kier alpha value is -3.36. The maximum atomic E-state index is 16.5. The van der Waals surface area contributed by atoms with E-state index in [-0.39, 0.29) is 41.7 Å². The van der Waals surface area contributed by atoms with Crippen LogP contribution in [0.2, 0.25) is 0 Å². The average Bonchev–Trinajstić information content (AvgIpc) is 3.81. The first-order valence-corrected chi connectivity index (χ1v) is 28.7. The van der Waals surface area contributed by atoms with Crippen molar-refractivity contribution in [1.29, 1.82) is 0 Å². The molecular formula is C60H77N3O5. The minimum Gasteiger partial charge on any atom is -0.508 e. The molecule has 7 aliphatic heterocycles. The van der Waals surface area contributed by atoms with Crippen LogP contribution in [-0.2, 0) is 26.3 Å². The van der Waals surface area contributed by atoms with E-state index in [0.717, 1.165) is 62.6 Å². The molecule has 8 nitrogen and oxygen atoms in total. The lowest BCUT2D eigenvalue weighted by Crippen LogP contribution is -2.78. The Morgan fingerprint density at radius 2 is 1.69 bits per heavy atom. The van der Waals surface area contributed by atoms with Crippen LogP contribution in [0.5, 0.6) is 0 Å². The second-order valence-electron chi connectivity index (χ2n) is 25.8. The van der Waals surface area contributed by atoms with Crippen molar-refractivity contribution in [1.82, 2.24) is 9.80 Å². The van der Waals surface area contributed by atoms with E-state index in [1.807, 2.05) is 0 Å². The van der Waals surface area contributed by atoms with Crippen LogP contribution in [0, 0.1) is 75.9 Å². The molecule has 7 bridgehead atoms. The van der Waals surface area contributed by atoms with Gasteiger partial charge in [0, 0.05) is 60.2 Å². The fourth-order valence-corrected chi connectivity index (χ4v) is 21.2. The second-order valence-corrected chi connectivity index (χ2v) is 25.8. The quantitative estimate of drug-likeness (QED) is 0.215. The van der Waals surface area contributed by atoms with E-state index in [1.54, 1.807) is 16.8 Å². The first kappa shape index (κ1) is 42.3. The van der Waals surface area contributed by atoms with Gasteiger partial charge >= 0.3 is 11.9 Å². The Balaban J connectivity index is 1.03. The van der Waals surface area contributed by atoms with Gasteiger partial charge in [-0.25, -0.2) is 4.79 Å². The summed E-state index contributed by atoms with van der Waals surface area (Å²) >= 11 is 0. The molecule has 362 valence electrons. The number of nitrogens with two attached hydrogens (primary N) is 1. The third-order valence-corrected chi connectivity index (χ3v) is 23.4. The van der Waals surface area contributed by atoms with Crippen molar-refractivity contribution >= 4 is 11.9 Å². The number of allylic oxidation sites excluding steroid dienone is 4. The molecule has 0 amide bonds. The molecule has 68 heavy (non-hydrogen) atoms. The Morgan fingerprint density at radius 3 is 2.53 bits per heavy atom. The number of benzene rings is 1. The number of piperidine rings is 3. The van der Waals surface area contributed by atoms with Gasteiger partial charge in [0.15, 0.2) is 11.4 Å². The number of esters is 2. The molecule has 15 atom stereocenters. The third kappa shape index (κ3) is 5.17. The number of hydrogen-bond acceptors (Lipinski definition) is 8. The Kier molecular flexibility index (Phi) is 9.39. The van der Waals surface area contributed by atoms with E-state index in [2.05, 4.69) is 47.1 Å². The number of aliphatic hydroxyl groups excluding tert-OH is 1. The molecule has 1 aromatic carbocycles. The largest absolute Gasteiger partial charge is 0.508 e. The van der Waals surface area contributed by atoms with Crippen LogP contribution in [0.4, 0.5) is 0 Å². The van der Waals surface area contributed by atoms with Gasteiger partial charge in [0.25, 0.3) is 0 Å². The molecule has 3 N–H and O–H groups in total. The van der Waals surface area contributed by atoms with E-state index in [9.17, 15) is 5.11 Å². The highest BCUT2D eigenvalue weighted by Gasteiger charge is 2.94. The maximum Gasteiger partial charge on any atom is 0.339 e. The summed E-state index contributed by atoms with van der Waals surface area (Å²) in [6.07, 6.45) is 30.9. The summed E-state index contributed by atoms with van der Waals surface area (Å²) in [4.78, 5) is 37.8. The van der Waals surface area contributed by atoms with Gasteiger partial charge < -0.3 is 25.2 Å². The highest BCUT2D eigenvalue weighted by Crippen LogP contribution is 2.88. The van der Waals surface area contributed by atoms with Gasteiger partial charge in [-0.2, -0.15) is 0 Å². The lowest BCUT2D eigenvalue weighted by atomic mass is 9.27. The van der Waals surface area contributed by atoms with Gasteiger partial charge in [-0.3, -0.25) is 9.69 Å². The molecule has 7 aliphatic carbocycles. The first-order chi connectivity index (χ1) is 33.3. The molecule has 0 aromatic heterocycles. The maximum absolute atomic E-state index is 16.5. The fraction of sp³-hybridized carbons (Fsp3) is 0.733. The van der Waals surface area contributed by atoms with Gasteiger partial charge in [-0.1, -0.05) is 99.8 Å². The number of hydrogen-bond donors (Lipinski definition) is 2. The second kappa shape index (κ2) is 15.1. The zero-order valence-electron chi connectivity index (χ0n) is 40.9. The SMILES string of the molecule is CC1CC2=C3C4C5=C6C(C=CC(C7CCCCC7)CC7C68C(=O)OC(=C(O)C6CCC9C%10CC(CN9C6CC6CCCCC6)C(CC2)N3C%10)C8(CC5)C72OC(=O)c3c(CCCN)cccc32)CC14. The summed E-state index contributed by atoms with van der Waals surface area (Å²) in [7, 11) is 0. The van der Waals surface area contributed by atoms with Gasteiger partial charge in [0.2, 0.25) is 0 Å². The van der Waals surface area contributed by atoms with Crippen LogP contribution in [-0.4, -0.2) is 64.6 Å². The van der Waals surface area contributed by atoms with Crippen LogP contribution in [0.1, 0.15) is 170 Å². The van der Waals surface area contributed by atoms with E-state index in [1.165, 1.54) is 102 Å². The Labute approximate surface area is 405 Å². The van der Waals surface area contributed by atoms with Crippen LogP contribution < -0.4 is 5.73 Å². The van der Waals surface area contributed by atoms with Gasteiger partial charge in [-0.05, 0) is 161 Å². The topological polar surface area (TPSA) is 105 Å². The van der Waals surface area contributed by atoms with Crippen LogP contribution in [0.15, 0.2) is 64.3 Å². The predicted molar refractivity (Wildman–Crippen MR) is 261 cm³/mol. The Bertz CT molecular complexity index is 2470. The monoisotopic (exact) mass is 920 g/mol. The molecule has 15 unspecified atom stereocenters. The summed E-state index contributed by atoms with van der Waals surface area (Å²) in [6, 6.07) is 7.74. The first-order valence-electron chi connectivity index (χ1n) is 28.7. The number of fused-ring (bicyclic) bond motifs is 8. The van der Waals surface area contributed by atoms with Gasteiger partial charge in [0.1, 0.15) is 11.2 Å². The number of rotatable bonds is 6. The Morgan fingerprint density at radius 1 is 0.868 bits per heavy atom. The zero-order chi connectivity index (χ0) is 45.4. The summed E-state index contributed by atoms with van der Waals surface area (Å²) in [5, 5.41) is 13.9. The fourth-order valence-electron chi connectivity index (χ4n) is 21.2. The van der Waals surface area contributed by atoms with Crippen molar-refractivity contribution in [3.05, 3.63) is 81.0 Å². The smallest absolute Gasteiger partial charge is 0.339 e. The van der Waals surface area contributed by atoms with Gasteiger partial charge in [0.05, 0.1) is 11.0 Å². The van der Waals surface area contributed by atoms with E-state index in [0.29, 0.717) is 90.0 Å². The standard InChI is InChI=1S/C60H77N3O5/c1-33-26-39-19-21-47-40-28-41-32-63(47)53(39)51-43-23-24-58-55(54(64)42-20-22-46(41)62(31-40)48(42)27-34-10-4-2-5-11-34)67-57(66)59(58)49(60(58)45-16-8-14-36(15-9-25-61)50(45)56(65)68-60)30-37(35-12-6-3-7-13-35)17-18-38(52(43)59)29-44(33)51/h8,14,16-18,33-35,37-38,40-42,44,46-49,51,64H,2-7,9-13,15,19-32,61H2,1H3. The normalized spacial score (nSPS) is 45.4. The molecule has 0 radical (unpaired) electrons. The number of nitrogens with zero attached hydrogens (tertiary/aromatic N) is 2. The van der Waals surface area contributed by atoms with Crippen LogP contribution >= 0.6 is 0 Å². The van der Waals surface area contributed by atoms with Crippen molar-refractivity contribution in [3.63, 3.8) is 0 Å². The number of carbonyl (C=O) groups is 2. The molecule has 8 heteroatoms. The van der Waals surface area contributed by atoms with E-state index in [4.69, 9.17) is 15.2 Å². The molecule has 7 fully saturated rings. The predicted octanol–water partition coefficient (Wildman–Crippen LogP) is 11.2. The van der Waals surface area contributed by atoms with Crippen LogP contribution in [0.3, 0.4) is 0 Å². The lowest BCUT2D eigenvalue weighted by Gasteiger charge is -2.73. The molecule has 4 saturated heterocycles. The van der Waals surface area contributed by atoms with Crippen molar-refractivity contribution in [3.8, 4) is 0 Å². The number of aryl methyl sites for hydroxylation is 1. The number of carbonyl (C=O) groups excluding carboxylic acids is 2. The zero-order valence-corrected chi connectivity index (χ0v) is 40.9. The van der Waals surface area contributed by atoms with Crippen molar-refractivity contribution in [2.45, 2.75) is 178 Å². The summed E-state index contributed by atoms with van der Waals surface area (Å²) < 4.78 is 14.7. The average molecular weight is 920 g/mol. The lowest BCUT2D eigenvalue weighted by molar-refractivity contribution is -0.282. The van der Waals surface area contributed by atoms with Crippen molar-refractivity contribution in [2.75, 3.05) is 19.6 Å². The summed E-state index contributed by atoms with van der Waals surface area (Å²) in [5.74, 6) is 4.29. The van der Waals surface area contributed by atoms with Crippen molar-refractivity contribution in [2.24, 2.45) is 81.7 Å². The van der Waals surface area contributed by atoms with E-state index >= 15 is 9.59 Å². The molecule has 14 aliphatic rings. The third-order valence-electron chi connectivity index (χ3n) is 23.4. The number of aliphatic hydroxyl groups is 1. The minimum absolute atomic E-state index is 0.112. The molecule has 3 spiro atoms. The van der Waals surface area contributed by atoms with Crippen LogP contribution in [0.25, 0.3) is 0 Å². The molecule has 15 rings (SSSR count). The minimum atomic E-state index is -1.13. The molecule has 3 saturated carbocycles. The number of ether oxygens (including phenoxy) is 2.